The Morgan fingerprint density at radius 1 is 1.13 bits per heavy atom. The van der Waals surface area contributed by atoms with Crippen molar-refractivity contribution in [2.24, 2.45) is 11.3 Å². The number of carbonyl (C=O) groups is 4. The summed E-state index contributed by atoms with van der Waals surface area (Å²) < 4.78 is 0. The van der Waals surface area contributed by atoms with Crippen LogP contribution in [-0.2, 0) is 19.2 Å². The molecule has 0 aliphatic rings. The molecule has 0 saturated heterocycles. The fraction of sp³-hybridized carbons (Fsp3) is 0.556. The van der Waals surface area contributed by atoms with Crippen molar-refractivity contribution in [2.45, 2.75) is 20.8 Å². The molecule has 0 aliphatic heterocycles. The van der Waals surface area contributed by atoms with Gasteiger partial charge in [0.25, 0.3) is 0 Å². The van der Waals surface area contributed by atoms with E-state index in [9.17, 15) is 19.2 Å². The second-order valence-electron chi connectivity index (χ2n) is 3.41. The lowest BCUT2D eigenvalue weighted by molar-refractivity contribution is -0.161. The first-order valence-electron chi connectivity index (χ1n) is 4.17. The number of aliphatic carboxylic acids is 2. The van der Waals surface area contributed by atoms with Gasteiger partial charge in [-0.2, -0.15) is 0 Å². The lowest BCUT2D eigenvalue weighted by atomic mass is 9.77. The number of hydrogen-bond donors (Lipinski definition) is 2. The van der Waals surface area contributed by atoms with Crippen LogP contribution in [0.3, 0.4) is 0 Å². The van der Waals surface area contributed by atoms with Gasteiger partial charge in [0.05, 0.1) is 0 Å². The van der Waals surface area contributed by atoms with E-state index >= 15 is 0 Å². The lowest BCUT2D eigenvalue weighted by Gasteiger charge is -2.21. The second kappa shape index (κ2) is 4.20. The number of ketones is 2. The van der Waals surface area contributed by atoms with Gasteiger partial charge in [0, 0.05) is 0 Å². The molecule has 0 spiro atoms. The normalized spacial score (nSPS) is 16.2. The molecule has 0 aromatic rings. The van der Waals surface area contributed by atoms with Crippen LogP contribution in [0.5, 0.6) is 0 Å². The molecule has 0 bridgehead atoms. The van der Waals surface area contributed by atoms with Gasteiger partial charge >= 0.3 is 11.9 Å². The highest BCUT2D eigenvalue weighted by atomic mass is 16.4. The maximum absolute atomic E-state index is 11.5. The summed E-state index contributed by atoms with van der Waals surface area (Å²) in [4.78, 5) is 43.9. The minimum Gasteiger partial charge on any atom is -0.481 e. The molecule has 0 heterocycles. The highest BCUT2D eigenvalue weighted by Gasteiger charge is 2.49. The van der Waals surface area contributed by atoms with Gasteiger partial charge in [0.15, 0.2) is 17.0 Å². The van der Waals surface area contributed by atoms with E-state index in [-0.39, 0.29) is 0 Å². The van der Waals surface area contributed by atoms with Crippen LogP contribution in [0.25, 0.3) is 0 Å². The number of carbonyl (C=O) groups excluding carboxylic acids is 2. The largest absolute Gasteiger partial charge is 0.481 e. The Hall–Kier alpha value is -1.72. The molecule has 0 fully saturated rings. The Balaban J connectivity index is 5.31. The highest BCUT2D eigenvalue weighted by molar-refractivity contribution is 6.24. The van der Waals surface area contributed by atoms with Crippen molar-refractivity contribution in [3.8, 4) is 0 Å². The molecule has 0 aromatic heterocycles. The molecule has 2 N–H and O–H groups in total. The maximum Gasteiger partial charge on any atom is 0.324 e. The lowest BCUT2D eigenvalue weighted by Crippen LogP contribution is -2.46. The van der Waals surface area contributed by atoms with Crippen LogP contribution in [-0.4, -0.2) is 33.7 Å². The third-order valence-electron chi connectivity index (χ3n) is 2.39. The molecule has 0 saturated carbocycles. The van der Waals surface area contributed by atoms with Crippen molar-refractivity contribution >= 4 is 23.5 Å². The van der Waals surface area contributed by atoms with Gasteiger partial charge in [0.2, 0.25) is 0 Å². The van der Waals surface area contributed by atoms with Crippen LogP contribution in [0.2, 0.25) is 0 Å². The molecule has 0 radical (unpaired) electrons. The van der Waals surface area contributed by atoms with E-state index < -0.39 is 34.8 Å². The summed E-state index contributed by atoms with van der Waals surface area (Å²) in [5, 5.41) is 17.3. The molecule has 6 heteroatoms. The fourth-order valence-corrected chi connectivity index (χ4v) is 0.975. The SMILES string of the molecule is CC(=O)C(C)(C(=O)O)C(=O)C(C)C(=O)O. The zero-order valence-electron chi connectivity index (χ0n) is 8.60. The van der Waals surface area contributed by atoms with Crippen LogP contribution in [0.4, 0.5) is 0 Å². The van der Waals surface area contributed by atoms with Gasteiger partial charge in [0.1, 0.15) is 5.92 Å². The van der Waals surface area contributed by atoms with E-state index in [1.165, 1.54) is 0 Å². The number of Topliss-reactive ketones (excluding diaryl/α,β-unsaturated/α-hetero) is 2. The summed E-state index contributed by atoms with van der Waals surface area (Å²) in [5.41, 5.74) is -2.28. The zero-order valence-corrected chi connectivity index (χ0v) is 8.60. The van der Waals surface area contributed by atoms with E-state index in [4.69, 9.17) is 10.2 Å². The van der Waals surface area contributed by atoms with E-state index in [2.05, 4.69) is 0 Å². The Labute approximate surface area is 85.9 Å². The summed E-state index contributed by atoms with van der Waals surface area (Å²) in [6, 6.07) is 0. The standard InChI is InChI=1S/C9H12O6/c1-4(7(12)13)6(11)9(3,5(2)10)8(14)15/h4H,1-3H3,(H,12,13)(H,14,15). The van der Waals surface area contributed by atoms with Gasteiger partial charge in [-0.25, -0.2) is 0 Å². The van der Waals surface area contributed by atoms with Crippen molar-refractivity contribution in [2.75, 3.05) is 0 Å². The summed E-state index contributed by atoms with van der Waals surface area (Å²) in [7, 11) is 0. The summed E-state index contributed by atoms with van der Waals surface area (Å²) in [5.74, 6) is -6.60. The third kappa shape index (κ3) is 2.20. The van der Waals surface area contributed by atoms with Crippen LogP contribution < -0.4 is 0 Å². The number of carboxylic acid groups (broad SMARTS) is 2. The van der Waals surface area contributed by atoms with Gasteiger partial charge in [-0.05, 0) is 20.8 Å². The predicted molar refractivity (Wildman–Crippen MR) is 48.2 cm³/mol. The Bertz CT molecular complexity index is 315. The topological polar surface area (TPSA) is 109 Å². The van der Waals surface area contributed by atoms with Gasteiger partial charge in [-0.3, -0.25) is 19.2 Å². The highest BCUT2D eigenvalue weighted by Crippen LogP contribution is 2.24. The monoisotopic (exact) mass is 216 g/mol. The van der Waals surface area contributed by atoms with Crippen molar-refractivity contribution in [3.05, 3.63) is 0 Å². The first-order valence-corrected chi connectivity index (χ1v) is 4.17. The Morgan fingerprint density at radius 2 is 1.53 bits per heavy atom. The molecule has 15 heavy (non-hydrogen) atoms. The van der Waals surface area contributed by atoms with E-state index in [1.54, 1.807) is 0 Å². The van der Waals surface area contributed by atoms with E-state index in [0.717, 1.165) is 20.8 Å². The fourth-order valence-electron chi connectivity index (χ4n) is 0.975. The molecule has 0 rings (SSSR count). The maximum atomic E-state index is 11.5. The molecule has 0 aromatic carbocycles. The van der Waals surface area contributed by atoms with Gasteiger partial charge in [-0.1, -0.05) is 0 Å². The van der Waals surface area contributed by atoms with E-state index in [0.29, 0.717) is 0 Å². The molecule has 84 valence electrons. The minimum absolute atomic E-state index is 0.881. The number of rotatable bonds is 5. The van der Waals surface area contributed by atoms with Crippen LogP contribution in [0.15, 0.2) is 0 Å². The summed E-state index contributed by atoms with van der Waals surface area (Å²) in [6.45, 7) is 2.91. The quantitative estimate of drug-likeness (QED) is 0.624. The summed E-state index contributed by atoms with van der Waals surface area (Å²) >= 11 is 0. The van der Waals surface area contributed by atoms with Crippen molar-refractivity contribution < 1.29 is 29.4 Å². The molecule has 6 nitrogen and oxygen atoms in total. The van der Waals surface area contributed by atoms with Crippen LogP contribution >= 0.6 is 0 Å². The first kappa shape index (κ1) is 13.3. The van der Waals surface area contributed by atoms with E-state index in [1.807, 2.05) is 0 Å². The average Bonchev–Trinajstić information content (AvgIpc) is 2.13. The Kier molecular flexibility index (Phi) is 3.72. The number of hydrogen-bond acceptors (Lipinski definition) is 4. The van der Waals surface area contributed by atoms with Crippen molar-refractivity contribution in [1.82, 2.24) is 0 Å². The van der Waals surface area contributed by atoms with Crippen LogP contribution in [0, 0.1) is 11.3 Å². The smallest absolute Gasteiger partial charge is 0.324 e. The van der Waals surface area contributed by atoms with Crippen molar-refractivity contribution in [1.29, 1.82) is 0 Å². The van der Waals surface area contributed by atoms with Crippen LogP contribution in [0.1, 0.15) is 20.8 Å². The molecule has 0 amide bonds. The third-order valence-corrected chi connectivity index (χ3v) is 2.39. The first-order chi connectivity index (χ1) is 6.65. The molecular formula is C9H12O6. The summed E-state index contributed by atoms with van der Waals surface area (Å²) in [6.07, 6.45) is 0. The van der Waals surface area contributed by atoms with Crippen molar-refractivity contribution in [3.63, 3.8) is 0 Å². The van der Waals surface area contributed by atoms with Gasteiger partial charge < -0.3 is 10.2 Å². The average molecular weight is 216 g/mol. The molecule has 2 unspecified atom stereocenters. The number of carboxylic acids is 2. The molecule has 0 aliphatic carbocycles. The predicted octanol–water partition coefficient (Wildman–Crippen LogP) is -0.0439. The minimum atomic E-state index is -2.28. The molecular weight excluding hydrogens is 204 g/mol. The zero-order chi connectivity index (χ0) is 12.4. The Morgan fingerprint density at radius 3 is 1.73 bits per heavy atom. The van der Waals surface area contributed by atoms with Gasteiger partial charge in [-0.15, -0.1) is 0 Å². The molecule has 2 atom stereocenters. The second-order valence-corrected chi connectivity index (χ2v) is 3.41.